The Labute approximate surface area is 134 Å². The molecule has 0 bridgehead atoms. The molecule has 0 aliphatic rings. The molecule has 0 radical (unpaired) electrons. The van der Waals surface area contributed by atoms with Crippen LogP contribution >= 0.6 is 0 Å². The van der Waals surface area contributed by atoms with E-state index >= 15 is 0 Å². The molecule has 1 aromatic heterocycles. The fourth-order valence-corrected chi connectivity index (χ4v) is 2.15. The third kappa shape index (κ3) is 3.94. The molecule has 124 valence electrons. The highest BCUT2D eigenvalue weighted by molar-refractivity contribution is 5.95. The van der Waals surface area contributed by atoms with Gasteiger partial charge in [0, 0.05) is 24.6 Å². The first-order valence-corrected chi connectivity index (χ1v) is 7.09. The van der Waals surface area contributed by atoms with Gasteiger partial charge in [0.15, 0.2) is 11.5 Å². The van der Waals surface area contributed by atoms with Gasteiger partial charge in [0.2, 0.25) is 5.75 Å². The standard InChI is InChI=1S/C16H20N2O5/c1-10-7-12(18-23-10)5-6-17-16(19)11-8-13(20-2)15(22-4)14(9-11)21-3/h7-9H,5-6H2,1-4H3,(H,17,19). The van der Waals surface area contributed by atoms with Crippen molar-refractivity contribution in [1.82, 2.24) is 10.5 Å². The number of benzene rings is 1. The summed E-state index contributed by atoms with van der Waals surface area (Å²) in [4.78, 5) is 12.3. The predicted octanol–water partition coefficient (Wildman–Crippen LogP) is 1.98. The molecule has 2 aromatic rings. The van der Waals surface area contributed by atoms with Gasteiger partial charge in [-0.2, -0.15) is 0 Å². The summed E-state index contributed by atoms with van der Waals surface area (Å²) >= 11 is 0. The molecule has 1 aromatic carbocycles. The number of ether oxygens (including phenoxy) is 3. The zero-order valence-electron chi connectivity index (χ0n) is 13.6. The first kappa shape index (κ1) is 16.7. The van der Waals surface area contributed by atoms with Gasteiger partial charge >= 0.3 is 0 Å². The summed E-state index contributed by atoms with van der Waals surface area (Å²) in [7, 11) is 4.53. The van der Waals surface area contributed by atoms with E-state index in [0.29, 0.717) is 35.8 Å². The van der Waals surface area contributed by atoms with Crippen LogP contribution in [0.5, 0.6) is 17.2 Å². The summed E-state index contributed by atoms with van der Waals surface area (Å²) in [6.07, 6.45) is 0.591. The van der Waals surface area contributed by atoms with Crippen LogP contribution in [0.2, 0.25) is 0 Å². The third-order valence-corrected chi connectivity index (χ3v) is 3.27. The zero-order valence-corrected chi connectivity index (χ0v) is 13.6. The number of amides is 1. The highest BCUT2D eigenvalue weighted by atomic mass is 16.5. The SMILES string of the molecule is COc1cc(C(=O)NCCc2cc(C)on2)cc(OC)c1OC. The maximum atomic E-state index is 12.3. The number of nitrogens with zero attached hydrogens (tertiary/aromatic N) is 1. The van der Waals surface area contributed by atoms with Gasteiger partial charge in [-0.05, 0) is 19.1 Å². The van der Waals surface area contributed by atoms with Crippen molar-refractivity contribution in [3.8, 4) is 17.2 Å². The van der Waals surface area contributed by atoms with Crippen LogP contribution in [-0.2, 0) is 6.42 Å². The summed E-state index contributed by atoms with van der Waals surface area (Å²) < 4.78 is 20.7. The van der Waals surface area contributed by atoms with Crippen molar-refractivity contribution in [2.75, 3.05) is 27.9 Å². The van der Waals surface area contributed by atoms with Crippen LogP contribution < -0.4 is 19.5 Å². The van der Waals surface area contributed by atoms with Gasteiger partial charge in [-0.1, -0.05) is 5.16 Å². The maximum absolute atomic E-state index is 12.3. The molecule has 0 spiro atoms. The van der Waals surface area contributed by atoms with Crippen molar-refractivity contribution < 1.29 is 23.5 Å². The normalized spacial score (nSPS) is 10.3. The monoisotopic (exact) mass is 320 g/mol. The Morgan fingerprint density at radius 2 is 1.78 bits per heavy atom. The Morgan fingerprint density at radius 1 is 1.13 bits per heavy atom. The lowest BCUT2D eigenvalue weighted by molar-refractivity contribution is 0.0953. The molecule has 0 saturated heterocycles. The first-order valence-electron chi connectivity index (χ1n) is 7.09. The molecule has 0 unspecified atom stereocenters. The van der Waals surface area contributed by atoms with Gasteiger partial charge in [-0.15, -0.1) is 0 Å². The molecule has 1 amide bonds. The summed E-state index contributed by atoms with van der Waals surface area (Å²) in [5, 5.41) is 6.70. The molecule has 1 heterocycles. The lowest BCUT2D eigenvalue weighted by atomic mass is 10.1. The number of hydrogen-bond donors (Lipinski definition) is 1. The number of carbonyl (C=O) groups excluding carboxylic acids is 1. The molecule has 0 saturated carbocycles. The van der Waals surface area contributed by atoms with E-state index in [4.69, 9.17) is 18.7 Å². The molecular formula is C16H20N2O5. The van der Waals surface area contributed by atoms with Crippen molar-refractivity contribution in [2.24, 2.45) is 0 Å². The largest absolute Gasteiger partial charge is 0.493 e. The summed E-state index contributed by atoms with van der Waals surface area (Å²) in [6.45, 7) is 2.27. The number of rotatable bonds is 7. The van der Waals surface area contributed by atoms with E-state index in [0.717, 1.165) is 11.5 Å². The fraction of sp³-hybridized carbons (Fsp3) is 0.375. The molecule has 23 heavy (non-hydrogen) atoms. The van der Waals surface area contributed by atoms with E-state index < -0.39 is 0 Å². The van der Waals surface area contributed by atoms with Crippen LogP contribution in [0.15, 0.2) is 22.7 Å². The van der Waals surface area contributed by atoms with Gasteiger partial charge < -0.3 is 24.1 Å². The Bertz CT molecular complexity index is 656. The second-order valence-electron chi connectivity index (χ2n) is 4.85. The zero-order chi connectivity index (χ0) is 16.8. The van der Waals surface area contributed by atoms with Gasteiger partial charge in [0.25, 0.3) is 5.91 Å². The lowest BCUT2D eigenvalue weighted by Crippen LogP contribution is -2.25. The maximum Gasteiger partial charge on any atom is 0.251 e. The highest BCUT2D eigenvalue weighted by Gasteiger charge is 2.16. The van der Waals surface area contributed by atoms with Crippen LogP contribution in [-0.4, -0.2) is 38.9 Å². The molecule has 0 atom stereocenters. The van der Waals surface area contributed by atoms with E-state index in [1.54, 1.807) is 12.1 Å². The number of carbonyl (C=O) groups is 1. The quantitative estimate of drug-likeness (QED) is 0.840. The third-order valence-electron chi connectivity index (χ3n) is 3.27. The minimum atomic E-state index is -0.232. The Kier molecular flexibility index (Phi) is 5.46. The van der Waals surface area contributed by atoms with E-state index in [9.17, 15) is 4.79 Å². The topological polar surface area (TPSA) is 82.8 Å². The van der Waals surface area contributed by atoms with Gasteiger partial charge in [0.1, 0.15) is 5.76 Å². The van der Waals surface area contributed by atoms with Crippen molar-refractivity contribution in [2.45, 2.75) is 13.3 Å². The van der Waals surface area contributed by atoms with Crippen LogP contribution in [0.1, 0.15) is 21.8 Å². The van der Waals surface area contributed by atoms with E-state index in [1.807, 2.05) is 13.0 Å². The van der Waals surface area contributed by atoms with Crippen LogP contribution in [0.3, 0.4) is 0 Å². The molecule has 7 heteroatoms. The Morgan fingerprint density at radius 3 is 2.26 bits per heavy atom. The second kappa shape index (κ2) is 7.53. The van der Waals surface area contributed by atoms with Crippen molar-refractivity contribution in [1.29, 1.82) is 0 Å². The molecule has 2 rings (SSSR count). The summed E-state index contributed by atoms with van der Waals surface area (Å²) in [5.41, 5.74) is 1.23. The van der Waals surface area contributed by atoms with E-state index in [2.05, 4.69) is 10.5 Å². The van der Waals surface area contributed by atoms with E-state index in [-0.39, 0.29) is 5.91 Å². The minimum Gasteiger partial charge on any atom is -0.493 e. The van der Waals surface area contributed by atoms with Gasteiger partial charge in [0.05, 0.1) is 27.0 Å². The van der Waals surface area contributed by atoms with Gasteiger partial charge in [-0.3, -0.25) is 4.79 Å². The van der Waals surface area contributed by atoms with Crippen LogP contribution in [0.25, 0.3) is 0 Å². The molecular weight excluding hydrogens is 300 g/mol. The number of methoxy groups -OCH3 is 3. The van der Waals surface area contributed by atoms with E-state index in [1.165, 1.54) is 21.3 Å². The van der Waals surface area contributed by atoms with Crippen LogP contribution in [0, 0.1) is 6.92 Å². The number of nitrogens with one attached hydrogen (secondary N) is 1. The molecule has 0 fully saturated rings. The van der Waals surface area contributed by atoms with Crippen LogP contribution in [0.4, 0.5) is 0 Å². The Hall–Kier alpha value is -2.70. The molecule has 7 nitrogen and oxygen atoms in total. The highest BCUT2D eigenvalue weighted by Crippen LogP contribution is 2.38. The minimum absolute atomic E-state index is 0.232. The molecule has 0 aliphatic carbocycles. The predicted molar refractivity (Wildman–Crippen MR) is 83.4 cm³/mol. The van der Waals surface area contributed by atoms with Crippen molar-refractivity contribution in [3.05, 3.63) is 35.2 Å². The first-order chi connectivity index (χ1) is 11.1. The number of aromatic nitrogens is 1. The molecule has 0 aliphatic heterocycles. The van der Waals surface area contributed by atoms with Crippen molar-refractivity contribution >= 4 is 5.91 Å². The number of hydrogen-bond acceptors (Lipinski definition) is 6. The lowest BCUT2D eigenvalue weighted by Gasteiger charge is -2.14. The van der Waals surface area contributed by atoms with Crippen molar-refractivity contribution in [3.63, 3.8) is 0 Å². The Balaban J connectivity index is 2.06. The number of aryl methyl sites for hydroxylation is 1. The molecule has 1 N–H and O–H groups in total. The second-order valence-corrected chi connectivity index (χ2v) is 4.85. The fourth-order valence-electron chi connectivity index (χ4n) is 2.15. The van der Waals surface area contributed by atoms with Gasteiger partial charge in [-0.25, -0.2) is 0 Å². The summed E-state index contributed by atoms with van der Waals surface area (Å²) in [5.74, 6) is 1.83. The summed E-state index contributed by atoms with van der Waals surface area (Å²) in [6, 6.07) is 5.06. The smallest absolute Gasteiger partial charge is 0.251 e. The average molecular weight is 320 g/mol. The average Bonchev–Trinajstić information content (AvgIpc) is 2.98.